The van der Waals surface area contributed by atoms with Crippen LogP contribution in [-0.2, 0) is 33.4 Å². The number of ether oxygens (including phenoxy) is 2. The predicted octanol–water partition coefficient (Wildman–Crippen LogP) is -0.468. The fraction of sp³-hybridized carbons (Fsp3) is 0.571. The van der Waals surface area contributed by atoms with Crippen molar-refractivity contribution in [2.24, 2.45) is 0 Å². The number of carboxylic acid groups (broad SMARTS) is 2. The van der Waals surface area contributed by atoms with Gasteiger partial charge in [-0.3, -0.25) is 24.6 Å². The van der Waals surface area contributed by atoms with Crippen LogP contribution in [0, 0.1) is 5.41 Å². The van der Waals surface area contributed by atoms with Gasteiger partial charge < -0.3 is 24.5 Å². The van der Waals surface area contributed by atoms with Gasteiger partial charge in [0.2, 0.25) is 0 Å². The van der Waals surface area contributed by atoms with Crippen molar-refractivity contribution in [3.8, 4) is 0 Å². The number of rotatable bonds is 11. The first-order valence-electron chi connectivity index (χ1n) is 7.14. The average Bonchev–Trinajstić information content (AvgIpc) is 2.44. The second-order valence-electron chi connectivity index (χ2n) is 4.72. The average molecular weight is 344 g/mol. The molecule has 0 aliphatic carbocycles. The van der Waals surface area contributed by atoms with Gasteiger partial charge in [0.15, 0.2) is 5.90 Å². The zero-order chi connectivity index (χ0) is 18.5. The Hall–Kier alpha value is -2.78. The second kappa shape index (κ2) is 11.7. The lowest BCUT2D eigenvalue weighted by Gasteiger charge is -2.06. The van der Waals surface area contributed by atoms with Gasteiger partial charge in [-0.05, 0) is 19.3 Å². The van der Waals surface area contributed by atoms with Crippen molar-refractivity contribution in [3.63, 3.8) is 0 Å². The molecule has 0 aromatic heterocycles. The quantitative estimate of drug-likeness (QED) is 0.217. The molecule has 0 heterocycles. The van der Waals surface area contributed by atoms with Crippen LogP contribution >= 0.6 is 0 Å². The van der Waals surface area contributed by atoms with E-state index in [2.05, 4.69) is 9.47 Å². The monoisotopic (exact) mass is 344 g/mol. The number of nitrogens with one attached hydrogen (secondary N) is 1. The van der Waals surface area contributed by atoms with Gasteiger partial charge in [-0.1, -0.05) is 0 Å². The molecule has 10 nitrogen and oxygen atoms in total. The third kappa shape index (κ3) is 12.9. The summed E-state index contributed by atoms with van der Waals surface area (Å²) in [7, 11) is 0. The highest BCUT2D eigenvalue weighted by Gasteiger charge is 2.14. The van der Waals surface area contributed by atoms with Crippen LogP contribution in [0.4, 0.5) is 0 Å². The van der Waals surface area contributed by atoms with E-state index in [9.17, 15) is 29.1 Å². The van der Waals surface area contributed by atoms with Crippen LogP contribution in [0.5, 0.6) is 0 Å². The first-order chi connectivity index (χ1) is 11.2. The number of carbonyl (C=O) groups is 5. The summed E-state index contributed by atoms with van der Waals surface area (Å²) in [5.74, 6) is -5.47. The van der Waals surface area contributed by atoms with E-state index in [-0.39, 0.29) is 51.4 Å². The van der Waals surface area contributed by atoms with Gasteiger partial charge >= 0.3 is 23.9 Å². The topological polar surface area (TPSA) is 171 Å². The van der Waals surface area contributed by atoms with E-state index in [1.807, 2.05) is 0 Å². The maximum atomic E-state index is 11.3. The minimum atomic E-state index is -1.30. The van der Waals surface area contributed by atoms with Gasteiger partial charge in [-0.15, -0.1) is 0 Å². The van der Waals surface area contributed by atoms with E-state index in [1.165, 1.54) is 0 Å². The fourth-order valence-electron chi connectivity index (χ4n) is 1.45. The molecule has 0 spiro atoms. The summed E-state index contributed by atoms with van der Waals surface area (Å²) in [6.07, 6.45) is -1.53. The first-order valence-corrected chi connectivity index (χ1v) is 7.14. The van der Waals surface area contributed by atoms with Crippen LogP contribution in [-0.4, -0.2) is 40.9 Å². The Balaban J connectivity index is 3.86. The standard InChI is InChI=1S/C14H19NO9/c15-9(23-12(20)5-1-3-10(16)17)7-8-14(22)24-13(21)6-2-4-11(18)19/h15H,1-8H2,(H,16,17)(H,18,19)/p-1. The molecule has 0 aliphatic rings. The lowest BCUT2D eigenvalue weighted by atomic mass is 10.2. The Kier molecular flexibility index (Phi) is 10.4. The largest absolute Gasteiger partial charge is 0.550 e. The Morgan fingerprint density at radius 1 is 0.750 bits per heavy atom. The van der Waals surface area contributed by atoms with Crippen LogP contribution in [0.1, 0.15) is 51.4 Å². The number of hydrogen-bond acceptors (Lipinski definition) is 9. The van der Waals surface area contributed by atoms with Crippen molar-refractivity contribution in [2.45, 2.75) is 51.4 Å². The van der Waals surface area contributed by atoms with Crippen molar-refractivity contribution in [1.82, 2.24) is 0 Å². The maximum absolute atomic E-state index is 11.3. The zero-order valence-electron chi connectivity index (χ0n) is 12.9. The Morgan fingerprint density at radius 2 is 1.25 bits per heavy atom. The van der Waals surface area contributed by atoms with Gasteiger partial charge in [0.25, 0.3) is 0 Å². The summed E-state index contributed by atoms with van der Waals surface area (Å²) in [6, 6.07) is 0. The Morgan fingerprint density at radius 3 is 1.79 bits per heavy atom. The number of carboxylic acids is 2. The van der Waals surface area contributed by atoms with Crippen LogP contribution in [0.25, 0.3) is 0 Å². The summed E-state index contributed by atoms with van der Waals surface area (Å²) in [4.78, 5) is 54.2. The van der Waals surface area contributed by atoms with Crippen LogP contribution in [0.2, 0.25) is 0 Å². The molecule has 0 saturated carbocycles. The van der Waals surface area contributed by atoms with Gasteiger partial charge in [0.1, 0.15) is 0 Å². The van der Waals surface area contributed by atoms with Gasteiger partial charge in [-0.25, -0.2) is 0 Å². The van der Waals surface area contributed by atoms with Crippen molar-refractivity contribution in [3.05, 3.63) is 0 Å². The molecule has 0 aromatic carbocycles. The van der Waals surface area contributed by atoms with Crippen LogP contribution < -0.4 is 5.11 Å². The molecule has 0 atom stereocenters. The van der Waals surface area contributed by atoms with E-state index in [4.69, 9.17) is 10.5 Å². The molecule has 0 fully saturated rings. The van der Waals surface area contributed by atoms with Gasteiger partial charge in [0.05, 0.1) is 6.42 Å². The molecule has 2 N–H and O–H groups in total. The summed E-state index contributed by atoms with van der Waals surface area (Å²) in [5.41, 5.74) is 0. The Labute approximate surface area is 137 Å². The van der Waals surface area contributed by atoms with E-state index in [0.717, 1.165) is 0 Å². The molecule has 0 bridgehead atoms. The molecule has 10 heteroatoms. The number of esters is 3. The van der Waals surface area contributed by atoms with Crippen molar-refractivity contribution in [1.29, 1.82) is 5.41 Å². The molecule has 0 aromatic rings. The van der Waals surface area contributed by atoms with Crippen molar-refractivity contribution >= 4 is 35.7 Å². The molecule has 0 rings (SSSR count). The molecular weight excluding hydrogens is 326 g/mol. The van der Waals surface area contributed by atoms with E-state index >= 15 is 0 Å². The Bertz CT molecular complexity index is 466. The van der Waals surface area contributed by atoms with Crippen LogP contribution in [0.15, 0.2) is 0 Å². The number of hydrogen-bond donors (Lipinski definition) is 2. The van der Waals surface area contributed by atoms with E-state index < -0.39 is 35.7 Å². The lowest BCUT2D eigenvalue weighted by molar-refractivity contribution is -0.305. The molecule has 0 radical (unpaired) electrons. The minimum Gasteiger partial charge on any atom is -0.550 e. The number of carbonyl (C=O) groups excluding carboxylic acids is 4. The zero-order valence-corrected chi connectivity index (χ0v) is 12.9. The summed E-state index contributed by atoms with van der Waals surface area (Å²) in [6.45, 7) is 0. The smallest absolute Gasteiger partial charge is 0.313 e. The summed E-state index contributed by atoms with van der Waals surface area (Å²) < 4.78 is 8.95. The fourth-order valence-corrected chi connectivity index (χ4v) is 1.45. The normalized spacial score (nSPS) is 9.83. The highest BCUT2D eigenvalue weighted by atomic mass is 16.6. The van der Waals surface area contributed by atoms with Gasteiger partial charge in [0, 0.05) is 31.7 Å². The third-order valence-electron chi connectivity index (χ3n) is 2.55. The molecule has 0 unspecified atom stereocenters. The number of aliphatic carboxylic acids is 2. The highest BCUT2D eigenvalue weighted by Crippen LogP contribution is 2.03. The maximum Gasteiger partial charge on any atom is 0.313 e. The molecule has 134 valence electrons. The molecule has 0 aliphatic heterocycles. The van der Waals surface area contributed by atoms with Crippen LogP contribution in [0.3, 0.4) is 0 Å². The lowest BCUT2D eigenvalue weighted by Crippen LogP contribution is -2.22. The minimum absolute atomic E-state index is 0.0152. The predicted molar refractivity (Wildman–Crippen MR) is 74.5 cm³/mol. The second-order valence-corrected chi connectivity index (χ2v) is 4.72. The summed E-state index contributed by atoms with van der Waals surface area (Å²) in [5, 5.41) is 25.9. The summed E-state index contributed by atoms with van der Waals surface area (Å²) >= 11 is 0. The van der Waals surface area contributed by atoms with Gasteiger partial charge in [-0.2, -0.15) is 0 Å². The van der Waals surface area contributed by atoms with E-state index in [0.29, 0.717) is 0 Å². The first kappa shape index (κ1) is 21.2. The van der Waals surface area contributed by atoms with E-state index in [1.54, 1.807) is 0 Å². The molecule has 0 amide bonds. The van der Waals surface area contributed by atoms with Crippen molar-refractivity contribution in [2.75, 3.05) is 0 Å². The molecular formula is C14H18NO9-. The van der Waals surface area contributed by atoms with Crippen molar-refractivity contribution < 1.29 is 43.7 Å². The third-order valence-corrected chi connectivity index (χ3v) is 2.55. The molecule has 24 heavy (non-hydrogen) atoms. The highest BCUT2D eigenvalue weighted by molar-refractivity contribution is 5.91. The molecule has 0 saturated heterocycles. The SMILES string of the molecule is N=C(CCC(=O)OC(=O)CCCC(=O)O)OC(=O)CCCC(=O)[O-].